The number of hydrogen-bond donors (Lipinski definition) is 2. The third-order valence-electron chi connectivity index (χ3n) is 1.21. The number of carbonyl (C=O) groups is 1. The quantitative estimate of drug-likeness (QED) is 0.597. The second kappa shape index (κ2) is 4.25. The van der Waals surface area contributed by atoms with Crippen LogP contribution >= 0.6 is 22.9 Å². The molecule has 76 valence electrons. The molecule has 0 radical (unpaired) electrons. The van der Waals surface area contributed by atoms with Gasteiger partial charge in [-0.15, -0.1) is 0 Å². The molecule has 6 nitrogen and oxygen atoms in total. The summed E-state index contributed by atoms with van der Waals surface area (Å²) in [4.78, 5) is 18.8. The van der Waals surface area contributed by atoms with Crippen LogP contribution in [0.25, 0.3) is 0 Å². The van der Waals surface area contributed by atoms with Crippen molar-refractivity contribution in [1.29, 1.82) is 0 Å². The zero-order chi connectivity index (χ0) is 10.7. The molecule has 14 heavy (non-hydrogen) atoms. The second-order valence-corrected chi connectivity index (χ2v) is 3.73. The van der Waals surface area contributed by atoms with E-state index in [-0.39, 0.29) is 20.9 Å². The van der Waals surface area contributed by atoms with Gasteiger partial charge in [0.15, 0.2) is 5.13 Å². The lowest BCUT2D eigenvalue weighted by atomic mass is 10.3. The predicted octanol–water partition coefficient (Wildman–Crippen LogP) is 0.814. The monoisotopic (exact) mass is 235 g/mol. The van der Waals surface area contributed by atoms with E-state index in [1.165, 1.54) is 7.11 Å². The highest BCUT2D eigenvalue weighted by atomic mass is 35.5. The summed E-state index contributed by atoms with van der Waals surface area (Å²) in [7, 11) is 1.23. The van der Waals surface area contributed by atoms with Crippen LogP contribution in [0.5, 0.6) is 0 Å². The van der Waals surface area contributed by atoms with Crippen LogP contribution in [-0.4, -0.2) is 28.9 Å². The Balaban J connectivity index is 3.18. The topological polar surface area (TPSA) is 97.8 Å². The minimum atomic E-state index is -1.28. The molecule has 0 aliphatic heterocycles. The maximum atomic E-state index is 10.7. The van der Waals surface area contributed by atoms with E-state index in [2.05, 4.69) is 15.0 Å². The fourth-order valence-electron chi connectivity index (χ4n) is 0.738. The van der Waals surface area contributed by atoms with Crippen LogP contribution in [0.3, 0.4) is 0 Å². The number of nitrogens with two attached hydrogens (primary N) is 1. The van der Waals surface area contributed by atoms with Gasteiger partial charge in [0.1, 0.15) is 17.1 Å². The summed E-state index contributed by atoms with van der Waals surface area (Å²) in [6.07, 6.45) is 0. The second-order valence-electron chi connectivity index (χ2n) is 2.10. The van der Waals surface area contributed by atoms with Gasteiger partial charge in [-0.1, -0.05) is 28.1 Å². The summed E-state index contributed by atoms with van der Waals surface area (Å²) < 4.78 is 0.167. The number of aliphatic carboxylic acids is 1. The van der Waals surface area contributed by atoms with E-state index in [4.69, 9.17) is 22.4 Å². The molecule has 1 rings (SSSR count). The van der Waals surface area contributed by atoms with E-state index < -0.39 is 5.97 Å². The fourth-order valence-corrected chi connectivity index (χ4v) is 1.67. The Morgan fingerprint density at radius 3 is 2.79 bits per heavy atom. The minimum absolute atomic E-state index is 0.0171. The lowest BCUT2D eigenvalue weighted by Gasteiger charge is -1.95. The smallest absolute Gasteiger partial charge is 0.360 e. The predicted molar refractivity (Wildman–Crippen MR) is 52.7 cm³/mol. The van der Waals surface area contributed by atoms with Gasteiger partial charge in [0.05, 0.1) is 0 Å². The number of oxime groups is 1. The molecule has 3 N–H and O–H groups in total. The summed E-state index contributed by atoms with van der Waals surface area (Å²) in [5.41, 5.74) is 4.99. The molecule has 0 fully saturated rings. The van der Waals surface area contributed by atoms with Crippen molar-refractivity contribution in [2.75, 3.05) is 12.8 Å². The van der Waals surface area contributed by atoms with Gasteiger partial charge >= 0.3 is 5.97 Å². The first-order valence-electron chi connectivity index (χ1n) is 3.33. The number of thiazole rings is 1. The molecule has 8 heteroatoms. The molecule has 0 saturated carbocycles. The average molecular weight is 236 g/mol. The number of halogens is 1. The molecule has 1 aromatic heterocycles. The van der Waals surface area contributed by atoms with Crippen molar-refractivity contribution in [3.63, 3.8) is 0 Å². The van der Waals surface area contributed by atoms with Crippen molar-refractivity contribution in [2.24, 2.45) is 5.16 Å². The van der Waals surface area contributed by atoms with Gasteiger partial charge in [0.2, 0.25) is 5.71 Å². The first-order chi connectivity index (χ1) is 6.56. The number of aromatic nitrogens is 1. The fraction of sp³-hybridized carbons (Fsp3) is 0.167. The molecule has 0 amide bonds. The lowest BCUT2D eigenvalue weighted by Crippen LogP contribution is -2.15. The van der Waals surface area contributed by atoms with Crippen LogP contribution in [0, 0.1) is 0 Å². The van der Waals surface area contributed by atoms with Gasteiger partial charge in [-0.3, -0.25) is 0 Å². The third-order valence-corrected chi connectivity index (χ3v) is 2.30. The van der Waals surface area contributed by atoms with Crippen LogP contribution < -0.4 is 5.73 Å². The molecule has 0 aliphatic carbocycles. The maximum Gasteiger partial charge on any atom is 0.360 e. The number of nitrogens with zero attached hydrogens (tertiary/aromatic N) is 2. The van der Waals surface area contributed by atoms with Crippen LogP contribution in [0.4, 0.5) is 5.13 Å². The number of carboxylic acids is 1. The van der Waals surface area contributed by atoms with Gasteiger partial charge in [-0.05, 0) is 0 Å². The summed E-state index contributed by atoms with van der Waals surface area (Å²) in [6, 6.07) is 0. The van der Waals surface area contributed by atoms with Gasteiger partial charge < -0.3 is 15.7 Å². The van der Waals surface area contributed by atoms with Crippen molar-refractivity contribution in [2.45, 2.75) is 0 Å². The highest BCUT2D eigenvalue weighted by Gasteiger charge is 2.21. The van der Waals surface area contributed by atoms with E-state index in [9.17, 15) is 4.79 Å². The number of rotatable bonds is 3. The molecule has 0 spiro atoms. The zero-order valence-electron chi connectivity index (χ0n) is 7.02. The molecular formula is C6H6ClN3O3S. The van der Waals surface area contributed by atoms with Crippen LogP contribution in [0.1, 0.15) is 5.69 Å². The average Bonchev–Trinajstić information content (AvgIpc) is 2.40. The SMILES string of the molecule is CO/N=C(\C(=O)O)c1nc(N)sc1Cl. The number of anilines is 1. The number of carboxylic acid groups (broad SMARTS) is 1. The Morgan fingerprint density at radius 2 is 2.43 bits per heavy atom. The van der Waals surface area contributed by atoms with E-state index in [0.29, 0.717) is 0 Å². The first kappa shape index (κ1) is 10.7. The molecule has 0 atom stereocenters. The molecule has 0 aliphatic rings. The van der Waals surface area contributed by atoms with Crippen molar-refractivity contribution in [3.05, 3.63) is 10.0 Å². The number of nitrogen functional groups attached to an aromatic ring is 1. The van der Waals surface area contributed by atoms with Crippen molar-refractivity contribution in [1.82, 2.24) is 4.98 Å². The van der Waals surface area contributed by atoms with E-state index in [1.807, 2.05) is 0 Å². The van der Waals surface area contributed by atoms with Crippen LogP contribution in [0.2, 0.25) is 4.34 Å². The molecule has 1 heterocycles. The van der Waals surface area contributed by atoms with Crippen LogP contribution in [-0.2, 0) is 9.63 Å². The molecular weight excluding hydrogens is 230 g/mol. The molecule has 0 aromatic carbocycles. The Kier molecular flexibility index (Phi) is 3.26. The summed E-state index contributed by atoms with van der Waals surface area (Å²) >= 11 is 6.67. The summed E-state index contributed by atoms with van der Waals surface area (Å²) in [6.45, 7) is 0. The molecule has 0 saturated heterocycles. The number of hydrogen-bond acceptors (Lipinski definition) is 6. The normalized spacial score (nSPS) is 11.4. The highest BCUT2D eigenvalue weighted by Crippen LogP contribution is 2.26. The van der Waals surface area contributed by atoms with Gasteiger partial charge in [0, 0.05) is 0 Å². The standard InChI is InChI=1S/C6H6ClN3O3S/c1-13-10-3(5(11)12)2-4(7)14-6(8)9-2/h1H3,(H2,8,9)(H,11,12)/b10-3-. The van der Waals surface area contributed by atoms with Crippen molar-refractivity contribution in [3.8, 4) is 0 Å². The summed E-state index contributed by atoms with van der Waals surface area (Å²) in [5, 5.41) is 12.2. The maximum absolute atomic E-state index is 10.7. The van der Waals surface area contributed by atoms with E-state index in [1.54, 1.807) is 0 Å². The van der Waals surface area contributed by atoms with Crippen LogP contribution in [0.15, 0.2) is 5.16 Å². The van der Waals surface area contributed by atoms with Crippen molar-refractivity contribution < 1.29 is 14.7 Å². The molecule has 0 bridgehead atoms. The minimum Gasteiger partial charge on any atom is -0.476 e. The summed E-state index contributed by atoms with van der Waals surface area (Å²) in [5.74, 6) is -1.28. The van der Waals surface area contributed by atoms with E-state index >= 15 is 0 Å². The van der Waals surface area contributed by atoms with Crippen molar-refractivity contribution >= 4 is 39.8 Å². The highest BCUT2D eigenvalue weighted by molar-refractivity contribution is 7.19. The Labute approximate surface area is 87.9 Å². The Morgan fingerprint density at radius 1 is 1.79 bits per heavy atom. The third kappa shape index (κ3) is 2.12. The molecule has 0 unspecified atom stereocenters. The Bertz CT molecular complexity index is 390. The largest absolute Gasteiger partial charge is 0.476 e. The lowest BCUT2D eigenvalue weighted by molar-refractivity contribution is -0.129. The van der Waals surface area contributed by atoms with Gasteiger partial charge in [0.25, 0.3) is 0 Å². The van der Waals surface area contributed by atoms with Gasteiger partial charge in [-0.2, -0.15) is 0 Å². The van der Waals surface area contributed by atoms with Gasteiger partial charge in [-0.25, -0.2) is 9.78 Å². The zero-order valence-corrected chi connectivity index (χ0v) is 8.59. The Hall–Kier alpha value is -1.34. The van der Waals surface area contributed by atoms with E-state index in [0.717, 1.165) is 11.3 Å². The molecule has 1 aromatic rings. The first-order valence-corrected chi connectivity index (χ1v) is 4.52.